The molecule has 0 bridgehead atoms. The summed E-state index contributed by atoms with van der Waals surface area (Å²) in [6.07, 6.45) is 0. The van der Waals surface area contributed by atoms with Gasteiger partial charge in [0.15, 0.2) is 0 Å². The van der Waals surface area contributed by atoms with Crippen molar-refractivity contribution in [3.8, 4) is 23.3 Å². The Kier molecular flexibility index (Phi) is 6.96. The van der Waals surface area contributed by atoms with Crippen molar-refractivity contribution in [1.82, 2.24) is 0 Å². The van der Waals surface area contributed by atoms with Gasteiger partial charge < -0.3 is 24.4 Å². The Morgan fingerprint density at radius 2 is 1.76 bits per heavy atom. The summed E-state index contributed by atoms with van der Waals surface area (Å²) in [5.41, 5.74) is 10.4. The van der Waals surface area contributed by atoms with Crippen LogP contribution in [0.1, 0.15) is 38.7 Å². The zero-order valence-electron chi connectivity index (χ0n) is 21.9. The Balaban J connectivity index is 1.25. The Hall–Kier alpha value is -5.00. The van der Waals surface area contributed by atoms with Crippen LogP contribution in [0.25, 0.3) is 11.0 Å². The molecule has 41 heavy (non-hydrogen) atoms. The van der Waals surface area contributed by atoms with Crippen LogP contribution in [0.15, 0.2) is 111 Å². The second-order valence-electron chi connectivity index (χ2n) is 9.55. The average molecular weight is 607 g/mol. The summed E-state index contributed by atoms with van der Waals surface area (Å²) >= 11 is 3.42. The normalized spacial score (nSPS) is 14.2. The first kappa shape index (κ1) is 26.2. The monoisotopic (exact) mass is 606 g/mol. The van der Waals surface area contributed by atoms with E-state index in [1.165, 1.54) is 0 Å². The molecule has 2 heterocycles. The number of hydrogen-bond donors (Lipinski definition) is 1. The minimum absolute atomic E-state index is 0.00316. The molecular weight excluding hydrogens is 584 g/mol. The van der Waals surface area contributed by atoms with Crippen molar-refractivity contribution in [1.29, 1.82) is 5.26 Å². The number of allylic oxidation sites excluding steroid dienone is 1. The van der Waals surface area contributed by atoms with Gasteiger partial charge in [0, 0.05) is 27.1 Å². The van der Waals surface area contributed by atoms with Gasteiger partial charge in [0.2, 0.25) is 11.6 Å². The van der Waals surface area contributed by atoms with E-state index in [1.807, 2.05) is 73.7 Å². The molecule has 5 aromatic rings. The molecule has 0 aliphatic carbocycles. The maximum Gasteiger partial charge on any atom is 0.379 e. The maximum atomic E-state index is 13.0. The van der Waals surface area contributed by atoms with E-state index in [4.69, 9.17) is 24.4 Å². The first-order valence-electron chi connectivity index (χ1n) is 12.8. The highest BCUT2D eigenvalue weighted by atomic mass is 79.9. The lowest BCUT2D eigenvalue weighted by atomic mass is 9.83. The number of furan rings is 1. The minimum atomic E-state index is -0.630. The summed E-state index contributed by atoms with van der Waals surface area (Å²) < 4.78 is 24.0. The lowest BCUT2D eigenvalue weighted by Crippen LogP contribution is -2.21. The summed E-state index contributed by atoms with van der Waals surface area (Å²) in [6, 6.07) is 30.2. The summed E-state index contributed by atoms with van der Waals surface area (Å²) in [5, 5.41) is 10.7. The number of benzene rings is 4. The van der Waals surface area contributed by atoms with Crippen LogP contribution in [0.3, 0.4) is 0 Å². The number of rotatable bonds is 6. The quantitative estimate of drug-likeness (QED) is 0.157. The zero-order valence-corrected chi connectivity index (χ0v) is 23.5. The molecule has 6 rings (SSSR count). The predicted molar refractivity (Wildman–Crippen MR) is 157 cm³/mol. The zero-order chi connectivity index (χ0) is 28.5. The van der Waals surface area contributed by atoms with Crippen LogP contribution in [0.2, 0.25) is 0 Å². The molecule has 2 N–H and O–H groups in total. The van der Waals surface area contributed by atoms with E-state index in [9.17, 15) is 10.1 Å². The van der Waals surface area contributed by atoms with Gasteiger partial charge in [-0.05, 0) is 54.4 Å². The lowest BCUT2D eigenvalue weighted by molar-refractivity contribution is 0.0702. The van der Waals surface area contributed by atoms with Gasteiger partial charge in [-0.3, -0.25) is 0 Å². The van der Waals surface area contributed by atoms with E-state index < -0.39 is 11.9 Å². The molecular formula is C33H23BrN2O5. The Morgan fingerprint density at radius 3 is 2.51 bits per heavy atom. The first-order valence-corrected chi connectivity index (χ1v) is 13.6. The molecule has 1 aliphatic heterocycles. The number of hydrogen-bond acceptors (Lipinski definition) is 7. The minimum Gasteiger partial charge on any atom is -0.489 e. The molecule has 7 nitrogen and oxygen atoms in total. The number of aryl methyl sites for hydroxylation is 1. The molecule has 0 radical (unpaired) electrons. The number of ether oxygens (including phenoxy) is 3. The number of carbonyl (C=O) groups is 1. The SMILES string of the molecule is Cc1c(C(=O)Oc2ccc3c(c2)OC(N)=C(C#N)C3c2ccc(OCc3ccccc3)cc2)oc2cc(Br)ccc12. The molecule has 0 saturated heterocycles. The summed E-state index contributed by atoms with van der Waals surface area (Å²) in [6.45, 7) is 2.26. The van der Waals surface area contributed by atoms with Crippen molar-refractivity contribution in [2.24, 2.45) is 5.73 Å². The van der Waals surface area contributed by atoms with Gasteiger partial charge in [0.1, 0.15) is 41.1 Å². The van der Waals surface area contributed by atoms with Crippen LogP contribution >= 0.6 is 15.9 Å². The molecule has 1 aromatic heterocycles. The van der Waals surface area contributed by atoms with Crippen molar-refractivity contribution in [2.75, 3.05) is 0 Å². The molecule has 0 saturated carbocycles. The van der Waals surface area contributed by atoms with Crippen LogP contribution in [0, 0.1) is 18.3 Å². The number of nitrogens with two attached hydrogens (primary N) is 1. The highest BCUT2D eigenvalue weighted by Gasteiger charge is 2.31. The maximum absolute atomic E-state index is 13.0. The number of halogens is 1. The Labute approximate surface area is 244 Å². The van der Waals surface area contributed by atoms with Crippen LogP contribution < -0.4 is 19.9 Å². The van der Waals surface area contributed by atoms with E-state index in [0.29, 0.717) is 34.8 Å². The highest BCUT2D eigenvalue weighted by molar-refractivity contribution is 9.10. The number of nitrogens with zero attached hydrogens (tertiary/aromatic N) is 1. The topological polar surface area (TPSA) is 108 Å². The van der Waals surface area contributed by atoms with Crippen LogP contribution in [0.5, 0.6) is 17.2 Å². The van der Waals surface area contributed by atoms with Gasteiger partial charge in [-0.2, -0.15) is 5.26 Å². The smallest absolute Gasteiger partial charge is 0.379 e. The molecule has 0 fully saturated rings. The van der Waals surface area contributed by atoms with Gasteiger partial charge >= 0.3 is 5.97 Å². The third-order valence-corrected chi connectivity index (χ3v) is 7.44. The largest absolute Gasteiger partial charge is 0.489 e. The third kappa shape index (κ3) is 5.15. The molecule has 8 heteroatoms. The molecule has 1 unspecified atom stereocenters. The molecule has 1 aliphatic rings. The summed E-state index contributed by atoms with van der Waals surface area (Å²) in [7, 11) is 0. The van der Waals surface area contributed by atoms with Crippen LogP contribution in [-0.2, 0) is 6.61 Å². The van der Waals surface area contributed by atoms with Crippen LogP contribution in [-0.4, -0.2) is 5.97 Å². The standard InChI is InChI=1S/C33H23BrN2O5/c1-19-25-13-9-22(34)15-28(25)40-31(19)33(37)39-24-12-14-26-29(16-24)41-32(36)27(17-35)30(26)21-7-10-23(11-8-21)38-18-20-5-3-2-4-6-20/h2-16,30H,18,36H2,1H3. The fraction of sp³-hybridized carbons (Fsp3) is 0.0909. The second kappa shape index (κ2) is 10.9. The van der Waals surface area contributed by atoms with Gasteiger partial charge in [-0.15, -0.1) is 0 Å². The lowest BCUT2D eigenvalue weighted by Gasteiger charge is -2.26. The Morgan fingerprint density at radius 1 is 1.00 bits per heavy atom. The van der Waals surface area contributed by atoms with E-state index >= 15 is 0 Å². The van der Waals surface area contributed by atoms with Crippen molar-refractivity contribution in [3.63, 3.8) is 0 Å². The van der Waals surface area contributed by atoms with Crippen molar-refractivity contribution >= 4 is 32.9 Å². The predicted octanol–water partition coefficient (Wildman–Crippen LogP) is 7.52. The van der Waals surface area contributed by atoms with E-state index in [0.717, 1.165) is 26.5 Å². The Bertz CT molecular complexity index is 1850. The highest BCUT2D eigenvalue weighted by Crippen LogP contribution is 2.44. The van der Waals surface area contributed by atoms with Crippen molar-refractivity contribution in [3.05, 3.63) is 135 Å². The fourth-order valence-electron chi connectivity index (χ4n) is 4.89. The number of fused-ring (bicyclic) bond motifs is 2. The molecule has 0 spiro atoms. The summed E-state index contributed by atoms with van der Waals surface area (Å²) in [4.78, 5) is 13.0. The third-order valence-electron chi connectivity index (χ3n) is 6.95. The van der Waals surface area contributed by atoms with Gasteiger partial charge in [-0.1, -0.05) is 64.5 Å². The van der Waals surface area contributed by atoms with Gasteiger partial charge in [-0.25, -0.2) is 4.79 Å². The summed E-state index contributed by atoms with van der Waals surface area (Å²) in [5.74, 6) is 0.378. The van der Waals surface area contributed by atoms with Gasteiger partial charge in [0.25, 0.3) is 0 Å². The molecule has 1 atom stereocenters. The fourth-order valence-corrected chi connectivity index (χ4v) is 5.23. The number of esters is 1. The molecule has 202 valence electrons. The van der Waals surface area contributed by atoms with E-state index in [2.05, 4.69) is 22.0 Å². The van der Waals surface area contributed by atoms with E-state index in [-0.39, 0.29) is 17.4 Å². The second-order valence-corrected chi connectivity index (χ2v) is 10.5. The molecule has 4 aromatic carbocycles. The number of nitriles is 1. The first-order chi connectivity index (χ1) is 19.9. The van der Waals surface area contributed by atoms with Crippen molar-refractivity contribution < 1.29 is 23.4 Å². The van der Waals surface area contributed by atoms with Crippen molar-refractivity contribution in [2.45, 2.75) is 19.4 Å². The van der Waals surface area contributed by atoms with E-state index in [1.54, 1.807) is 24.3 Å². The molecule has 0 amide bonds. The van der Waals surface area contributed by atoms with Gasteiger partial charge in [0.05, 0.1) is 5.92 Å². The average Bonchev–Trinajstić information content (AvgIpc) is 3.31. The number of carbonyl (C=O) groups excluding carboxylic acids is 1. The van der Waals surface area contributed by atoms with Crippen LogP contribution in [0.4, 0.5) is 0 Å².